The normalized spacial score (nSPS) is 15.1. The van der Waals surface area contributed by atoms with Gasteiger partial charge in [0.05, 0.1) is 18.3 Å². The lowest BCUT2D eigenvalue weighted by Crippen LogP contribution is -2.29. The van der Waals surface area contributed by atoms with Crippen molar-refractivity contribution in [1.82, 2.24) is 15.1 Å². The molecule has 0 spiro atoms. The van der Waals surface area contributed by atoms with Gasteiger partial charge in [-0.1, -0.05) is 71.8 Å². The highest BCUT2D eigenvalue weighted by atomic mass is 16.5. The number of amides is 1. The SMILES string of the molecule is CCOc1ccc(C2c3c(-c4ccc(C)cc4)n[nH]c3C(=O)N2Cc2ccc(C)cc2)cc1. The van der Waals surface area contributed by atoms with Crippen LogP contribution >= 0.6 is 0 Å². The van der Waals surface area contributed by atoms with Gasteiger partial charge < -0.3 is 9.64 Å². The Labute approximate surface area is 194 Å². The van der Waals surface area contributed by atoms with E-state index in [2.05, 4.69) is 72.6 Å². The number of carbonyl (C=O) groups is 1. The smallest absolute Gasteiger partial charge is 0.273 e. The van der Waals surface area contributed by atoms with Crippen LogP contribution in [0.15, 0.2) is 72.8 Å². The van der Waals surface area contributed by atoms with E-state index < -0.39 is 0 Å². The van der Waals surface area contributed by atoms with Crippen LogP contribution < -0.4 is 4.74 Å². The monoisotopic (exact) mass is 437 g/mol. The molecule has 4 aromatic rings. The number of fused-ring (bicyclic) bond motifs is 1. The molecule has 33 heavy (non-hydrogen) atoms. The van der Waals surface area contributed by atoms with Crippen LogP contribution in [0.25, 0.3) is 11.3 Å². The molecule has 1 aliphatic heterocycles. The zero-order chi connectivity index (χ0) is 22.9. The van der Waals surface area contributed by atoms with Crippen LogP contribution in [0, 0.1) is 13.8 Å². The maximum Gasteiger partial charge on any atom is 0.273 e. The Kier molecular flexibility index (Phi) is 5.47. The molecule has 1 N–H and O–H groups in total. The maximum absolute atomic E-state index is 13.5. The summed E-state index contributed by atoms with van der Waals surface area (Å²) >= 11 is 0. The quantitative estimate of drug-likeness (QED) is 0.412. The number of nitrogens with one attached hydrogen (secondary N) is 1. The summed E-state index contributed by atoms with van der Waals surface area (Å²) in [5.41, 5.74) is 7.84. The third-order valence-corrected chi connectivity index (χ3v) is 6.17. The van der Waals surface area contributed by atoms with Gasteiger partial charge in [-0.15, -0.1) is 0 Å². The number of nitrogens with zero attached hydrogens (tertiary/aromatic N) is 2. The fourth-order valence-electron chi connectivity index (χ4n) is 4.44. The number of aromatic amines is 1. The number of hydrogen-bond donors (Lipinski definition) is 1. The number of aryl methyl sites for hydroxylation is 2. The maximum atomic E-state index is 13.5. The lowest BCUT2D eigenvalue weighted by molar-refractivity contribution is 0.0730. The van der Waals surface area contributed by atoms with Gasteiger partial charge in [-0.25, -0.2) is 0 Å². The van der Waals surface area contributed by atoms with Crippen molar-refractivity contribution >= 4 is 5.91 Å². The molecule has 1 unspecified atom stereocenters. The van der Waals surface area contributed by atoms with Gasteiger partial charge in [-0.3, -0.25) is 9.89 Å². The highest BCUT2D eigenvalue weighted by Gasteiger charge is 2.42. The summed E-state index contributed by atoms with van der Waals surface area (Å²) in [7, 11) is 0. The summed E-state index contributed by atoms with van der Waals surface area (Å²) in [6.45, 7) is 7.24. The number of carbonyl (C=O) groups excluding carboxylic acids is 1. The van der Waals surface area contributed by atoms with Crippen molar-refractivity contribution in [2.45, 2.75) is 33.4 Å². The molecular formula is C28H27N3O2. The van der Waals surface area contributed by atoms with E-state index >= 15 is 0 Å². The molecule has 0 saturated heterocycles. The second-order valence-electron chi connectivity index (χ2n) is 8.55. The summed E-state index contributed by atoms with van der Waals surface area (Å²) in [5.74, 6) is 0.789. The van der Waals surface area contributed by atoms with E-state index in [0.717, 1.165) is 33.7 Å². The first-order valence-electron chi connectivity index (χ1n) is 11.3. The predicted octanol–water partition coefficient (Wildman–Crippen LogP) is 5.84. The molecule has 5 rings (SSSR count). The Morgan fingerprint density at radius 3 is 2.18 bits per heavy atom. The van der Waals surface area contributed by atoms with Crippen LogP contribution in [0.4, 0.5) is 0 Å². The number of hydrogen-bond acceptors (Lipinski definition) is 3. The minimum atomic E-state index is -0.237. The number of aromatic nitrogens is 2. The van der Waals surface area contributed by atoms with Crippen molar-refractivity contribution in [3.8, 4) is 17.0 Å². The number of H-pyrrole nitrogens is 1. The molecule has 1 aliphatic rings. The van der Waals surface area contributed by atoms with Crippen LogP contribution in [-0.4, -0.2) is 27.6 Å². The average molecular weight is 438 g/mol. The number of ether oxygens (including phenoxy) is 1. The third-order valence-electron chi connectivity index (χ3n) is 6.17. The van der Waals surface area contributed by atoms with Gasteiger partial charge in [0.15, 0.2) is 0 Å². The lowest BCUT2D eigenvalue weighted by Gasteiger charge is -2.27. The molecule has 5 heteroatoms. The summed E-state index contributed by atoms with van der Waals surface area (Å²) in [6, 6.07) is 24.4. The summed E-state index contributed by atoms with van der Waals surface area (Å²) in [5, 5.41) is 7.61. The first-order valence-corrected chi connectivity index (χ1v) is 11.3. The second-order valence-corrected chi connectivity index (χ2v) is 8.55. The van der Waals surface area contributed by atoms with E-state index in [0.29, 0.717) is 18.8 Å². The third kappa shape index (κ3) is 3.91. The van der Waals surface area contributed by atoms with E-state index in [1.165, 1.54) is 11.1 Å². The molecule has 0 fully saturated rings. The zero-order valence-corrected chi connectivity index (χ0v) is 19.1. The molecule has 3 aromatic carbocycles. The molecule has 1 amide bonds. The van der Waals surface area contributed by atoms with Gasteiger partial charge >= 0.3 is 0 Å². The Hall–Kier alpha value is -3.86. The van der Waals surface area contributed by atoms with Crippen LogP contribution in [0.3, 0.4) is 0 Å². The summed E-state index contributed by atoms with van der Waals surface area (Å²) < 4.78 is 5.64. The van der Waals surface area contributed by atoms with Crippen molar-refractivity contribution in [3.05, 3.63) is 106 Å². The Morgan fingerprint density at radius 1 is 0.909 bits per heavy atom. The highest BCUT2D eigenvalue weighted by Crippen LogP contribution is 2.43. The van der Waals surface area contributed by atoms with Crippen molar-refractivity contribution in [2.24, 2.45) is 0 Å². The summed E-state index contributed by atoms with van der Waals surface area (Å²) in [6.07, 6.45) is 0. The van der Waals surface area contributed by atoms with Crippen molar-refractivity contribution in [3.63, 3.8) is 0 Å². The molecule has 2 heterocycles. The van der Waals surface area contributed by atoms with E-state index in [9.17, 15) is 4.79 Å². The minimum absolute atomic E-state index is 0.0321. The zero-order valence-electron chi connectivity index (χ0n) is 19.1. The van der Waals surface area contributed by atoms with Crippen molar-refractivity contribution < 1.29 is 9.53 Å². The molecule has 0 aliphatic carbocycles. The Balaban J connectivity index is 1.60. The van der Waals surface area contributed by atoms with E-state index in [-0.39, 0.29) is 11.9 Å². The first-order chi connectivity index (χ1) is 16.0. The molecular weight excluding hydrogens is 410 g/mol. The van der Waals surface area contributed by atoms with Crippen LogP contribution in [0.1, 0.15) is 51.3 Å². The molecule has 166 valence electrons. The highest BCUT2D eigenvalue weighted by molar-refractivity contribution is 6.00. The van der Waals surface area contributed by atoms with Crippen LogP contribution in [0.2, 0.25) is 0 Å². The fourth-order valence-corrected chi connectivity index (χ4v) is 4.44. The van der Waals surface area contributed by atoms with E-state index in [1.54, 1.807) is 0 Å². The number of benzene rings is 3. The average Bonchev–Trinajstić information content (AvgIpc) is 3.36. The Morgan fingerprint density at radius 2 is 1.55 bits per heavy atom. The second kappa shape index (κ2) is 8.58. The Bertz CT molecular complexity index is 1270. The molecule has 5 nitrogen and oxygen atoms in total. The van der Waals surface area contributed by atoms with Crippen LogP contribution in [-0.2, 0) is 6.54 Å². The summed E-state index contributed by atoms with van der Waals surface area (Å²) in [4.78, 5) is 15.5. The molecule has 0 bridgehead atoms. The number of rotatable bonds is 6. The predicted molar refractivity (Wildman–Crippen MR) is 129 cm³/mol. The lowest BCUT2D eigenvalue weighted by atomic mass is 9.95. The molecule has 1 aromatic heterocycles. The van der Waals surface area contributed by atoms with E-state index in [1.807, 2.05) is 36.1 Å². The van der Waals surface area contributed by atoms with Gasteiger partial charge in [0.2, 0.25) is 0 Å². The standard InChI is InChI=1S/C28H27N3O2/c1-4-33-23-15-13-22(14-16-23)27-24-25(21-11-7-19(3)8-12-21)29-30-26(24)28(32)31(27)17-20-9-5-18(2)6-10-20/h5-16,27H,4,17H2,1-3H3,(H,29,30). The van der Waals surface area contributed by atoms with Gasteiger partial charge in [0.1, 0.15) is 11.4 Å². The molecule has 0 saturated carbocycles. The van der Waals surface area contributed by atoms with Crippen molar-refractivity contribution in [1.29, 1.82) is 0 Å². The fraction of sp³-hybridized carbons (Fsp3) is 0.214. The van der Waals surface area contributed by atoms with Gasteiger partial charge in [0, 0.05) is 17.7 Å². The topological polar surface area (TPSA) is 58.2 Å². The van der Waals surface area contributed by atoms with Crippen molar-refractivity contribution in [2.75, 3.05) is 6.61 Å². The first kappa shape index (κ1) is 21.0. The van der Waals surface area contributed by atoms with Gasteiger partial charge in [-0.2, -0.15) is 5.10 Å². The van der Waals surface area contributed by atoms with Crippen LogP contribution in [0.5, 0.6) is 5.75 Å². The minimum Gasteiger partial charge on any atom is -0.494 e. The van der Waals surface area contributed by atoms with Gasteiger partial charge in [0.25, 0.3) is 5.91 Å². The van der Waals surface area contributed by atoms with Gasteiger partial charge in [-0.05, 0) is 44.0 Å². The molecule has 0 radical (unpaired) electrons. The molecule has 1 atom stereocenters. The largest absolute Gasteiger partial charge is 0.494 e. The van der Waals surface area contributed by atoms with E-state index in [4.69, 9.17) is 4.74 Å².